The summed E-state index contributed by atoms with van der Waals surface area (Å²) in [6.07, 6.45) is -2.09. The summed E-state index contributed by atoms with van der Waals surface area (Å²) in [7, 11) is 0. The van der Waals surface area contributed by atoms with Gasteiger partial charge in [-0.15, -0.1) is 11.3 Å². The molecule has 0 saturated carbocycles. The van der Waals surface area contributed by atoms with Crippen LogP contribution in [0.2, 0.25) is 0 Å². The van der Waals surface area contributed by atoms with Crippen molar-refractivity contribution in [3.63, 3.8) is 0 Å². The third kappa shape index (κ3) is 5.53. The third-order valence-corrected chi connectivity index (χ3v) is 7.05. The first kappa shape index (κ1) is 25.5. The third-order valence-electron chi connectivity index (χ3n) is 5.94. The molecule has 2 heterocycles. The summed E-state index contributed by atoms with van der Waals surface area (Å²) in [5, 5.41) is 0.899. The van der Waals surface area contributed by atoms with E-state index in [-0.39, 0.29) is 12.0 Å². The molecule has 0 N–H and O–H groups in total. The Morgan fingerprint density at radius 2 is 1.85 bits per heavy atom. The molecule has 1 aliphatic rings. The standard InChI is InChI=1S/C25H33F3N2O2S/c1-7-31-22-21(15(3)4)29-23(32-8-2)24(6,30-22)13-9-10-18-16(5)33-20-14-17(25(26,27)28)11-12-19(18)20/h11-12,14-15,21H,7-10,13H2,1-6H3/t21-,24+/m1/s1. The van der Waals surface area contributed by atoms with Crippen LogP contribution in [0.25, 0.3) is 10.1 Å². The number of benzene rings is 1. The summed E-state index contributed by atoms with van der Waals surface area (Å²) < 4.78 is 51.7. The minimum atomic E-state index is -4.33. The largest absolute Gasteiger partial charge is 0.480 e. The van der Waals surface area contributed by atoms with E-state index in [4.69, 9.17) is 19.5 Å². The van der Waals surface area contributed by atoms with E-state index in [0.717, 1.165) is 28.7 Å². The van der Waals surface area contributed by atoms with Crippen LogP contribution >= 0.6 is 11.3 Å². The van der Waals surface area contributed by atoms with Crippen molar-refractivity contribution >= 4 is 33.2 Å². The minimum absolute atomic E-state index is 0.162. The van der Waals surface area contributed by atoms with Gasteiger partial charge >= 0.3 is 6.18 Å². The van der Waals surface area contributed by atoms with E-state index < -0.39 is 17.3 Å². The van der Waals surface area contributed by atoms with Crippen molar-refractivity contribution in [2.45, 2.75) is 78.6 Å². The molecule has 0 aliphatic carbocycles. The Morgan fingerprint density at radius 3 is 2.45 bits per heavy atom. The second-order valence-electron chi connectivity index (χ2n) is 8.91. The van der Waals surface area contributed by atoms with Gasteiger partial charge in [0, 0.05) is 9.58 Å². The zero-order valence-electron chi connectivity index (χ0n) is 20.2. The molecule has 182 valence electrons. The molecule has 0 unspecified atom stereocenters. The number of aliphatic imine (C=N–C) groups is 2. The van der Waals surface area contributed by atoms with Gasteiger partial charge in [0.25, 0.3) is 0 Å². The van der Waals surface area contributed by atoms with Crippen LogP contribution < -0.4 is 0 Å². The highest BCUT2D eigenvalue weighted by Crippen LogP contribution is 2.38. The van der Waals surface area contributed by atoms with E-state index >= 15 is 0 Å². The first-order valence-electron chi connectivity index (χ1n) is 11.5. The number of hydrogen-bond donors (Lipinski definition) is 0. The SMILES string of the molecule is CCOC1=N[C@@](C)(CCCc2c(C)sc3cc(C(F)(F)F)ccc23)C(OCC)=N[C@@H]1C(C)C. The summed E-state index contributed by atoms with van der Waals surface area (Å²) in [5.74, 6) is 1.51. The molecule has 4 nitrogen and oxygen atoms in total. The topological polar surface area (TPSA) is 43.2 Å². The molecule has 1 aromatic heterocycles. The van der Waals surface area contributed by atoms with Crippen molar-refractivity contribution < 1.29 is 22.6 Å². The van der Waals surface area contributed by atoms with Gasteiger partial charge in [0.15, 0.2) is 0 Å². The van der Waals surface area contributed by atoms with Gasteiger partial charge in [0.2, 0.25) is 11.8 Å². The summed E-state index contributed by atoms with van der Waals surface area (Å²) in [6.45, 7) is 13.1. The predicted octanol–water partition coefficient (Wildman–Crippen LogP) is 7.22. The van der Waals surface area contributed by atoms with E-state index in [1.807, 2.05) is 27.7 Å². The average Bonchev–Trinajstić information content (AvgIpc) is 3.04. The van der Waals surface area contributed by atoms with E-state index in [9.17, 15) is 13.2 Å². The first-order valence-corrected chi connectivity index (χ1v) is 12.3. The molecule has 0 radical (unpaired) electrons. The number of halogens is 3. The Bertz CT molecular complexity index is 1040. The Labute approximate surface area is 197 Å². The Hall–Kier alpha value is -2.09. The molecule has 1 aliphatic heterocycles. The molecule has 0 amide bonds. The molecule has 33 heavy (non-hydrogen) atoms. The van der Waals surface area contributed by atoms with Gasteiger partial charge < -0.3 is 9.47 Å². The van der Waals surface area contributed by atoms with E-state index in [2.05, 4.69) is 13.8 Å². The molecule has 1 aromatic carbocycles. The summed E-state index contributed by atoms with van der Waals surface area (Å²) in [6, 6.07) is 3.87. The maximum absolute atomic E-state index is 13.1. The molecule has 0 fully saturated rings. The van der Waals surface area contributed by atoms with E-state index in [0.29, 0.717) is 36.1 Å². The normalized spacial score (nSPS) is 21.3. The number of fused-ring (bicyclic) bond motifs is 1. The van der Waals surface area contributed by atoms with E-state index in [1.165, 1.54) is 23.5 Å². The molecule has 8 heteroatoms. The summed E-state index contributed by atoms with van der Waals surface area (Å²) >= 11 is 1.42. The smallest absolute Gasteiger partial charge is 0.416 e. The minimum Gasteiger partial charge on any atom is -0.480 e. The molecule has 0 bridgehead atoms. The van der Waals surface area contributed by atoms with Gasteiger partial charge in [-0.05, 0) is 76.0 Å². The Morgan fingerprint density at radius 1 is 1.15 bits per heavy atom. The first-order chi connectivity index (χ1) is 15.5. The molecule has 2 aromatic rings. The Kier molecular flexibility index (Phi) is 7.76. The molecule has 0 spiro atoms. The molecular formula is C25H33F3N2O2S. The second-order valence-corrected chi connectivity index (χ2v) is 10.2. The maximum Gasteiger partial charge on any atom is 0.416 e. The lowest BCUT2D eigenvalue weighted by Gasteiger charge is -2.34. The van der Waals surface area contributed by atoms with Gasteiger partial charge in [-0.25, -0.2) is 9.98 Å². The number of alkyl halides is 3. The molecule has 3 rings (SSSR count). The Balaban J connectivity index is 1.82. The van der Waals surface area contributed by atoms with Crippen LogP contribution in [0.5, 0.6) is 0 Å². The van der Waals surface area contributed by atoms with Crippen molar-refractivity contribution in [2.75, 3.05) is 13.2 Å². The van der Waals surface area contributed by atoms with Crippen LogP contribution in [0.1, 0.15) is 63.5 Å². The lowest BCUT2D eigenvalue weighted by Crippen LogP contribution is -2.45. The van der Waals surface area contributed by atoms with E-state index in [1.54, 1.807) is 6.07 Å². The van der Waals surface area contributed by atoms with Crippen molar-refractivity contribution in [3.05, 3.63) is 34.2 Å². The fourth-order valence-corrected chi connectivity index (χ4v) is 5.39. The highest BCUT2D eigenvalue weighted by Gasteiger charge is 2.40. The van der Waals surface area contributed by atoms with Crippen molar-refractivity contribution in [2.24, 2.45) is 15.9 Å². The number of thiophene rings is 1. The summed E-state index contributed by atoms with van der Waals surface area (Å²) in [5.41, 5.74) is -0.130. The van der Waals surface area contributed by atoms with Crippen molar-refractivity contribution in [1.82, 2.24) is 0 Å². The zero-order valence-corrected chi connectivity index (χ0v) is 21.0. The number of rotatable bonds is 7. The van der Waals surface area contributed by atoms with Crippen LogP contribution in [0, 0.1) is 12.8 Å². The molecule has 2 atom stereocenters. The predicted molar refractivity (Wildman–Crippen MR) is 130 cm³/mol. The van der Waals surface area contributed by atoms with Crippen LogP contribution in [-0.4, -0.2) is 36.6 Å². The van der Waals surface area contributed by atoms with Crippen LogP contribution in [0.15, 0.2) is 28.2 Å². The van der Waals surface area contributed by atoms with Crippen molar-refractivity contribution in [3.8, 4) is 0 Å². The maximum atomic E-state index is 13.1. The van der Waals surface area contributed by atoms with Crippen molar-refractivity contribution in [1.29, 1.82) is 0 Å². The lowest BCUT2D eigenvalue weighted by atomic mass is 9.90. The monoisotopic (exact) mass is 482 g/mol. The zero-order chi connectivity index (χ0) is 24.4. The highest BCUT2D eigenvalue weighted by molar-refractivity contribution is 7.19. The second kappa shape index (κ2) is 10.0. The fraction of sp³-hybridized carbons (Fsp3) is 0.600. The lowest BCUT2D eigenvalue weighted by molar-refractivity contribution is -0.137. The van der Waals surface area contributed by atoms with Gasteiger partial charge in [-0.1, -0.05) is 19.9 Å². The molecule has 0 saturated heterocycles. The molecular weight excluding hydrogens is 449 g/mol. The number of ether oxygens (including phenoxy) is 2. The average molecular weight is 483 g/mol. The van der Waals surface area contributed by atoms with Gasteiger partial charge in [0.05, 0.1) is 18.8 Å². The van der Waals surface area contributed by atoms with Crippen LogP contribution in [-0.2, 0) is 22.1 Å². The van der Waals surface area contributed by atoms with Crippen LogP contribution in [0.3, 0.4) is 0 Å². The number of aryl methyl sites for hydroxylation is 2. The summed E-state index contributed by atoms with van der Waals surface area (Å²) in [4.78, 5) is 10.9. The fourth-order valence-electron chi connectivity index (χ4n) is 4.24. The number of nitrogens with zero attached hydrogens (tertiary/aromatic N) is 2. The van der Waals surface area contributed by atoms with Gasteiger partial charge in [0.1, 0.15) is 11.6 Å². The highest BCUT2D eigenvalue weighted by atomic mass is 32.1. The van der Waals surface area contributed by atoms with Gasteiger partial charge in [-0.3, -0.25) is 0 Å². The van der Waals surface area contributed by atoms with Crippen LogP contribution in [0.4, 0.5) is 13.2 Å². The van der Waals surface area contributed by atoms with Gasteiger partial charge in [-0.2, -0.15) is 13.2 Å². The quantitative estimate of drug-likeness (QED) is 0.418. The number of hydrogen-bond acceptors (Lipinski definition) is 5.